The summed E-state index contributed by atoms with van der Waals surface area (Å²) in [5.74, 6) is -1.76. The molecule has 5 heteroatoms. The quantitative estimate of drug-likeness (QED) is 0.893. The maximum atomic E-state index is 13.2. The largest absolute Gasteiger partial charge is 0.378 e. The van der Waals surface area contributed by atoms with Crippen molar-refractivity contribution >= 4 is 17.3 Å². The lowest BCUT2D eigenvalue weighted by atomic mass is 10.1. The first kappa shape index (κ1) is 14.3. The van der Waals surface area contributed by atoms with Crippen LogP contribution >= 0.6 is 11.6 Å². The Balaban J connectivity index is 2.21. The first-order chi connectivity index (χ1) is 9.51. The summed E-state index contributed by atoms with van der Waals surface area (Å²) >= 11 is 5.85. The Morgan fingerprint density at radius 2 is 1.90 bits per heavy atom. The van der Waals surface area contributed by atoms with E-state index in [1.165, 1.54) is 6.07 Å². The van der Waals surface area contributed by atoms with E-state index < -0.39 is 11.6 Å². The molecule has 0 fully saturated rings. The van der Waals surface area contributed by atoms with Crippen molar-refractivity contribution in [3.63, 3.8) is 0 Å². The van der Waals surface area contributed by atoms with E-state index in [4.69, 9.17) is 16.9 Å². The third-order valence-electron chi connectivity index (χ3n) is 2.91. The zero-order valence-electron chi connectivity index (χ0n) is 10.6. The Morgan fingerprint density at radius 1 is 1.15 bits per heavy atom. The van der Waals surface area contributed by atoms with E-state index in [1.807, 2.05) is 13.0 Å². The molecular weight excluding hydrogens is 282 g/mol. The number of rotatable bonds is 3. The van der Waals surface area contributed by atoms with Gasteiger partial charge in [0.05, 0.1) is 10.6 Å². The van der Waals surface area contributed by atoms with Crippen LogP contribution < -0.4 is 5.32 Å². The van der Waals surface area contributed by atoms with Crippen LogP contribution in [0, 0.1) is 23.0 Å². The fraction of sp³-hybridized carbons (Fsp3) is 0.133. The molecule has 2 aromatic carbocycles. The number of hydrogen-bond donors (Lipinski definition) is 1. The van der Waals surface area contributed by atoms with Crippen LogP contribution in [-0.4, -0.2) is 0 Å². The minimum Gasteiger partial charge on any atom is -0.378 e. The Morgan fingerprint density at radius 3 is 2.55 bits per heavy atom. The van der Waals surface area contributed by atoms with Crippen LogP contribution in [0.25, 0.3) is 0 Å². The molecule has 0 bridgehead atoms. The summed E-state index contributed by atoms with van der Waals surface area (Å²) in [4.78, 5) is 0. The van der Waals surface area contributed by atoms with Gasteiger partial charge < -0.3 is 5.32 Å². The number of anilines is 1. The lowest BCUT2D eigenvalue weighted by Crippen LogP contribution is -2.07. The summed E-state index contributed by atoms with van der Waals surface area (Å²) in [6.45, 7) is 1.81. The molecule has 0 aliphatic carbocycles. The molecule has 2 nitrogen and oxygen atoms in total. The summed E-state index contributed by atoms with van der Waals surface area (Å²) in [6, 6.07) is 10.4. The van der Waals surface area contributed by atoms with Crippen LogP contribution in [-0.2, 0) is 0 Å². The first-order valence-corrected chi connectivity index (χ1v) is 6.30. The molecule has 2 aromatic rings. The summed E-state index contributed by atoms with van der Waals surface area (Å²) < 4.78 is 26.1. The fourth-order valence-electron chi connectivity index (χ4n) is 1.82. The van der Waals surface area contributed by atoms with Crippen LogP contribution in [0.5, 0.6) is 0 Å². The van der Waals surface area contributed by atoms with Crippen LogP contribution in [0.15, 0.2) is 36.4 Å². The molecule has 0 aromatic heterocycles. The van der Waals surface area contributed by atoms with Gasteiger partial charge >= 0.3 is 0 Å². The van der Waals surface area contributed by atoms with Gasteiger partial charge in [0.2, 0.25) is 0 Å². The van der Waals surface area contributed by atoms with Crippen LogP contribution in [0.1, 0.15) is 24.1 Å². The van der Waals surface area contributed by atoms with Gasteiger partial charge in [0.15, 0.2) is 11.6 Å². The van der Waals surface area contributed by atoms with Crippen molar-refractivity contribution < 1.29 is 8.78 Å². The number of nitriles is 1. The average Bonchev–Trinajstić information content (AvgIpc) is 2.43. The van der Waals surface area contributed by atoms with Crippen molar-refractivity contribution in [2.45, 2.75) is 13.0 Å². The smallest absolute Gasteiger partial charge is 0.159 e. The van der Waals surface area contributed by atoms with Gasteiger partial charge in [-0.05, 0) is 42.8 Å². The molecule has 0 amide bonds. The number of halogens is 3. The Hall–Kier alpha value is -2.12. The molecule has 102 valence electrons. The van der Waals surface area contributed by atoms with E-state index in [9.17, 15) is 8.78 Å². The van der Waals surface area contributed by atoms with Gasteiger partial charge in [0.1, 0.15) is 6.07 Å². The van der Waals surface area contributed by atoms with Gasteiger partial charge in [-0.2, -0.15) is 5.26 Å². The third kappa shape index (κ3) is 3.06. The molecule has 0 saturated carbocycles. The van der Waals surface area contributed by atoms with Gasteiger partial charge in [0.25, 0.3) is 0 Å². The average molecular weight is 293 g/mol. The van der Waals surface area contributed by atoms with E-state index in [0.29, 0.717) is 21.8 Å². The van der Waals surface area contributed by atoms with Gasteiger partial charge in [-0.1, -0.05) is 17.7 Å². The van der Waals surface area contributed by atoms with Crippen molar-refractivity contribution in [3.05, 3.63) is 64.2 Å². The molecule has 20 heavy (non-hydrogen) atoms. The maximum Gasteiger partial charge on any atom is 0.159 e. The fourth-order valence-corrected chi connectivity index (χ4v) is 1.98. The minimum atomic E-state index is -0.884. The van der Waals surface area contributed by atoms with E-state index >= 15 is 0 Å². The number of hydrogen-bond acceptors (Lipinski definition) is 2. The van der Waals surface area contributed by atoms with Gasteiger partial charge in [0, 0.05) is 11.7 Å². The molecular formula is C15H11ClF2N2. The van der Waals surface area contributed by atoms with Gasteiger partial charge in [-0.25, -0.2) is 8.78 Å². The highest BCUT2D eigenvalue weighted by Crippen LogP contribution is 2.24. The second kappa shape index (κ2) is 5.89. The van der Waals surface area contributed by atoms with Gasteiger partial charge in [-0.3, -0.25) is 0 Å². The summed E-state index contributed by atoms with van der Waals surface area (Å²) in [5.41, 5.74) is 1.65. The SMILES string of the molecule is CC(Nc1ccc(Cl)c(C#N)c1)c1ccc(F)c(F)c1. The molecule has 0 heterocycles. The molecule has 0 aliphatic heterocycles. The molecule has 1 unspecified atom stereocenters. The zero-order valence-corrected chi connectivity index (χ0v) is 11.4. The Labute approximate surface area is 120 Å². The Bertz CT molecular complexity index is 680. The van der Waals surface area contributed by atoms with Crippen molar-refractivity contribution in [2.24, 2.45) is 0 Å². The van der Waals surface area contributed by atoms with Crippen molar-refractivity contribution in [2.75, 3.05) is 5.32 Å². The van der Waals surface area contributed by atoms with Crippen LogP contribution in [0.2, 0.25) is 5.02 Å². The second-order valence-electron chi connectivity index (χ2n) is 4.35. The van der Waals surface area contributed by atoms with Crippen molar-refractivity contribution in [1.29, 1.82) is 5.26 Å². The highest BCUT2D eigenvalue weighted by atomic mass is 35.5. The van der Waals surface area contributed by atoms with E-state index in [0.717, 1.165) is 12.1 Å². The van der Waals surface area contributed by atoms with Crippen LogP contribution in [0.3, 0.4) is 0 Å². The molecule has 0 saturated heterocycles. The zero-order chi connectivity index (χ0) is 14.7. The van der Waals surface area contributed by atoms with E-state index in [-0.39, 0.29) is 6.04 Å². The highest BCUT2D eigenvalue weighted by Gasteiger charge is 2.10. The first-order valence-electron chi connectivity index (χ1n) is 5.92. The molecule has 0 aliphatic rings. The Kier molecular flexibility index (Phi) is 4.21. The minimum absolute atomic E-state index is 0.238. The van der Waals surface area contributed by atoms with Crippen molar-refractivity contribution in [1.82, 2.24) is 0 Å². The molecule has 2 rings (SSSR count). The predicted molar refractivity (Wildman–Crippen MR) is 74.6 cm³/mol. The normalized spacial score (nSPS) is 11.8. The molecule has 1 N–H and O–H groups in total. The highest BCUT2D eigenvalue weighted by molar-refractivity contribution is 6.31. The lowest BCUT2D eigenvalue weighted by Gasteiger charge is -2.16. The monoisotopic (exact) mass is 292 g/mol. The van der Waals surface area contributed by atoms with Gasteiger partial charge in [-0.15, -0.1) is 0 Å². The van der Waals surface area contributed by atoms with Crippen LogP contribution in [0.4, 0.5) is 14.5 Å². The second-order valence-corrected chi connectivity index (χ2v) is 4.75. The number of nitrogens with one attached hydrogen (secondary N) is 1. The standard InChI is InChI=1S/C15H11ClF2N2/c1-9(10-2-5-14(17)15(18)7-10)20-12-3-4-13(16)11(6-12)8-19/h2-7,9,20H,1H3. The maximum absolute atomic E-state index is 13.2. The molecule has 1 atom stereocenters. The third-order valence-corrected chi connectivity index (χ3v) is 3.24. The summed E-state index contributed by atoms with van der Waals surface area (Å²) in [7, 11) is 0. The molecule has 0 spiro atoms. The lowest BCUT2D eigenvalue weighted by molar-refractivity contribution is 0.506. The number of nitrogens with zero attached hydrogens (tertiary/aromatic N) is 1. The number of benzene rings is 2. The summed E-state index contributed by atoms with van der Waals surface area (Å²) in [5, 5.41) is 12.4. The predicted octanol–water partition coefficient (Wildman–Crippen LogP) is 4.66. The van der Waals surface area contributed by atoms with E-state index in [1.54, 1.807) is 18.2 Å². The van der Waals surface area contributed by atoms with Crippen molar-refractivity contribution in [3.8, 4) is 6.07 Å². The molecule has 0 radical (unpaired) electrons. The van der Waals surface area contributed by atoms with E-state index in [2.05, 4.69) is 5.32 Å². The topological polar surface area (TPSA) is 35.8 Å². The summed E-state index contributed by atoms with van der Waals surface area (Å²) in [6.07, 6.45) is 0.